The zero-order valence-corrected chi connectivity index (χ0v) is 18.0. The van der Waals surface area contributed by atoms with Gasteiger partial charge in [0.1, 0.15) is 12.7 Å². The number of nitrogens with one attached hydrogen (secondary N) is 1. The maximum Gasteiger partial charge on any atom is 0.407 e. The molecule has 3 aromatic carbocycles. The molecule has 1 amide bonds. The van der Waals surface area contributed by atoms with Crippen LogP contribution in [0.4, 0.5) is 10.5 Å². The van der Waals surface area contributed by atoms with Crippen molar-refractivity contribution in [1.29, 1.82) is 0 Å². The van der Waals surface area contributed by atoms with Crippen LogP contribution in [0, 0.1) is 6.92 Å². The number of alkyl carbamates (subject to hydrolysis) is 1. The third-order valence-corrected chi connectivity index (χ3v) is 6.09. The maximum absolute atomic E-state index is 12.2. The lowest BCUT2D eigenvalue weighted by Crippen LogP contribution is -2.31. The molecule has 0 saturated carbocycles. The maximum atomic E-state index is 12.2. The average molecular weight is 433 g/mol. The van der Waals surface area contributed by atoms with E-state index in [4.69, 9.17) is 10.5 Å². The Hall–Kier alpha value is -3.35. The normalized spacial score (nSPS) is 14.3. The van der Waals surface area contributed by atoms with Crippen LogP contribution in [-0.2, 0) is 4.74 Å². The first-order valence-corrected chi connectivity index (χ1v) is 10.8. The summed E-state index contributed by atoms with van der Waals surface area (Å²) in [7, 11) is 0. The van der Waals surface area contributed by atoms with Crippen LogP contribution in [0.1, 0.15) is 40.7 Å². The van der Waals surface area contributed by atoms with E-state index in [1.807, 2.05) is 37.3 Å². The standard InChI is InChI=1S/C26H28N2O4/c1-16-7-6-12-21(24(16)27)25(30)23(29)13-14-28-26(31)32-15-22-19-10-4-2-8-17(19)18-9-3-5-11-20(18)22/h2-12,22-23,25,29-30H,13-15,27H2,1H3,(H,28,31). The fourth-order valence-electron chi connectivity index (χ4n) is 4.30. The van der Waals surface area contributed by atoms with Crippen molar-refractivity contribution >= 4 is 11.8 Å². The molecule has 0 heterocycles. The molecular weight excluding hydrogens is 404 g/mol. The minimum absolute atomic E-state index is 0.00939. The van der Waals surface area contributed by atoms with Gasteiger partial charge in [-0.05, 0) is 41.2 Å². The van der Waals surface area contributed by atoms with Crippen LogP contribution in [-0.4, -0.2) is 35.6 Å². The SMILES string of the molecule is Cc1cccc(C(O)C(O)CCNC(=O)OCC2c3ccccc3-c3ccccc32)c1N. The summed E-state index contributed by atoms with van der Waals surface area (Å²) in [6.45, 7) is 2.24. The number of aryl methyl sites for hydroxylation is 1. The molecule has 3 aromatic rings. The van der Waals surface area contributed by atoms with E-state index >= 15 is 0 Å². The van der Waals surface area contributed by atoms with Crippen LogP contribution < -0.4 is 11.1 Å². The van der Waals surface area contributed by atoms with E-state index in [1.54, 1.807) is 12.1 Å². The Bertz CT molecular complexity index is 1070. The number of nitrogen functional groups attached to an aromatic ring is 1. The van der Waals surface area contributed by atoms with Gasteiger partial charge in [-0.1, -0.05) is 66.7 Å². The number of nitrogens with two attached hydrogens (primary N) is 1. The smallest absolute Gasteiger partial charge is 0.407 e. The first kappa shape index (κ1) is 21.9. The van der Waals surface area contributed by atoms with E-state index in [0.29, 0.717) is 11.3 Å². The molecule has 1 aliphatic carbocycles. The summed E-state index contributed by atoms with van der Waals surface area (Å²) in [6.07, 6.45) is -2.57. The third kappa shape index (κ3) is 4.33. The lowest BCUT2D eigenvalue weighted by atomic mass is 9.98. The highest BCUT2D eigenvalue weighted by Crippen LogP contribution is 2.44. The van der Waals surface area contributed by atoms with E-state index in [9.17, 15) is 15.0 Å². The van der Waals surface area contributed by atoms with Crippen molar-refractivity contribution in [2.45, 2.75) is 31.5 Å². The van der Waals surface area contributed by atoms with Crippen molar-refractivity contribution in [1.82, 2.24) is 5.32 Å². The molecule has 0 radical (unpaired) electrons. The number of para-hydroxylation sites is 1. The van der Waals surface area contributed by atoms with Crippen molar-refractivity contribution in [3.05, 3.63) is 89.0 Å². The fourth-order valence-corrected chi connectivity index (χ4v) is 4.30. The summed E-state index contributed by atoms with van der Waals surface area (Å²) in [4.78, 5) is 12.2. The minimum atomic E-state index is -1.13. The number of carbonyl (C=O) groups is 1. The number of hydrogen-bond donors (Lipinski definition) is 4. The fraction of sp³-hybridized carbons (Fsp3) is 0.269. The molecule has 2 unspecified atom stereocenters. The topological polar surface area (TPSA) is 105 Å². The number of benzene rings is 3. The Labute approximate surface area is 187 Å². The number of aliphatic hydroxyl groups is 2. The molecule has 4 rings (SSSR count). The molecule has 0 aliphatic heterocycles. The number of fused-ring (bicyclic) bond motifs is 3. The lowest BCUT2D eigenvalue weighted by molar-refractivity contribution is 0.0140. The van der Waals surface area contributed by atoms with Crippen LogP contribution in [0.2, 0.25) is 0 Å². The molecule has 2 atom stereocenters. The monoisotopic (exact) mass is 432 g/mol. The van der Waals surface area contributed by atoms with Crippen LogP contribution >= 0.6 is 0 Å². The highest BCUT2D eigenvalue weighted by Gasteiger charge is 2.29. The average Bonchev–Trinajstić information content (AvgIpc) is 3.13. The Morgan fingerprint density at radius 1 is 1.00 bits per heavy atom. The summed E-state index contributed by atoms with van der Waals surface area (Å²) in [5, 5.41) is 23.4. The Kier molecular flexibility index (Phi) is 6.44. The van der Waals surface area contributed by atoms with E-state index in [2.05, 4.69) is 29.6 Å². The molecule has 6 nitrogen and oxygen atoms in total. The number of aliphatic hydroxyl groups excluding tert-OH is 2. The number of anilines is 1. The molecule has 32 heavy (non-hydrogen) atoms. The van der Waals surface area contributed by atoms with Gasteiger partial charge >= 0.3 is 6.09 Å². The van der Waals surface area contributed by atoms with Gasteiger partial charge in [-0.15, -0.1) is 0 Å². The molecule has 6 heteroatoms. The van der Waals surface area contributed by atoms with Crippen molar-refractivity contribution in [3.63, 3.8) is 0 Å². The van der Waals surface area contributed by atoms with Crippen LogP contribution in [0.25, 0.3) is 11.1 Å². The van der Waals surface area contributed by atoms with Gasteiger partial charge in [0.15, 0.2) is 0 Å². The molecule has 0 fully saturated rings. The second-order valence-electron chi connectivity index (χ2n) is 8.13. The zero-order valence-electron chi connectivity index (χ0n) is 18.0. The Morgan fingerprint density at radius 3 is 2.28 bits per heavy atom. The molecule has 0 aromatic heterocycles. The third-order valence-electron chi connectivity index (χ3n) is 6.09. The van der Waals surface area contributed by atoms with E-state index in [0.717, 1.165) is 16.7 Å². The van der Waals surface area contributed by atoms with Crippen LogP contribution in [0.5, 0.6) is 0 Å². The highest BCUT2D eigenvalue weighted by atomic mass is 16.5. The second kappa shape index (κ2) is 9.42. The van der Waals surface area contributed by atoms with Gasteiger partial charge in [0.25, 0.3) is 0 Å². The molecule has 1 aliphatic rings. The first-order valence-electron chi connectivity index (χ1n) is 10.8. The molecule has 0 spiro atoms. The van der Waals surface area contributed by atoms with Crippen LogP contribution in [0.15, 0.2) is 66.7 Å². The lowest BCUT2D eigenvalue weighted by Gasteiger charge is -2.20. The number of amides is 1. The van der Waals surface area contributed by atoms with Crippen molar-refractivity contribution in [2.24, 2.45) is 0 Å². The van der Waals surface area contributed by atoms with E-state index < -0.39 is 18.3 Å². The second-order valence-corrected chi connectivity index (χ2v) is 8.13. The molecule has 5 N–H and O–H groups in total. The van der Waals surface area contributed by atoms with E-state index in [-0.39, 0.29) is 25.5 Å². The largest absolute Gasteiger partial charge is 0.449 e. The van der Waals surface area contributed by atoms with Crippen molar-refractivity contribution in [2.75, 3.05) is 18.9 Å². The molecule has 0 bridgehead atoms. The van der Waals surface area contributed by atoms with Gasteiger partial charge in [0.05, 0.1) is 6.10 Å². The summed E-state index contributed by atoms with van der Waals surface area (Å²) in [6, 6.07) is 21.6. The number of carbonyl (C=O) groups excluding carboxylic acids is 1. The molecule has 0 saturated heterocycles. The van der Waals surface area contributed by atoms with Gasteiger partial charge in [-0.3, -0.25) is 0 Å². The van der Waals surface area contributed by atoms with Crippen molar-refractivity contribution in [3.8, 4) is 11.1 Å². The van der Waals surface area contributed by atoms with Gasteiger partial charge < -0.3 is 26.0 Å². The molecule has 166 valence electrons. The van der Waals surface area contributed by atoms with Crippen LogP contribution in [0.3, 0.4) is 0 Å². The van der Waals surface area contributed by atoms with Gasteiger partial charge in [0, 0.05) is 23.7 Å². The number of ether oxygens (including phenoxy) is 1. The molecular formula is C26H28N2O4. The van der Waals surface area contributed by atoms with Crippen molar-refractivity contribution < 1.29 is 19.7 Å². The van der Waals surface area contributed by atoms with Gasteiger partial charge in [-0.25, -0.2) is 4.79 Å². The Balaban J connectivity index is 1.29. The summed E-state index contributed by atoms with van der Waals surface area (Å²) >= 11 is 0. The zero-order chi connectivity index (χ0) is 22.7. The predicted octanol–water partition coefficient (Wildman–Crippen LogP) is 3.90. The van der Waals surface area contributed by atoms with Gasteiger partial charge in [0.2, 0.25) is 0 Å². The number of hydrogen-bond acceptors (Lipinski definition) is 5. The highest BCUT2D eigenvalue weighted by molar-refractivity contribution is 5.79. The summed E-state index contributed by atoms with van der Waals surface area (Å²) < 4.78 is 5.49. The first-order chi connectivity index (χ1) is 15.5. The summed E-state index contributed by atoms with van der Waals surface area (Å²) in [5.74, 6) is -0.00939. The number of rotatable bonds is 7. The minimum Gasteiger partial charge on any atom is -0.449 e. The van der Waals surface area contributed by atoms with Gasteiger partial charge in [-0.2, -0.15) is 0 Å². The predicted molar refractivity (Wildman–Crippen MR) is 124 cm³/mol. The quantitative estimate of drug-likeness (QED) is 0.424. The Morgan fingerprint density at radius 2 is 1.62 bits per heavy atom. The van der Waals surface area contributed by atoms with E-state index in [1.165, 1.54) is 11.1 Å². The summed E-state index contributed by atoms with van der Waals surface area (Å²) in [5.41, 5.74) is 12.4.